The van der Waals surface area contributed by atoms with Gasteiger partial charge in [-0.25, -0.2) is 0 Å². The van der Waals surface area contributed by atoms with Crippen molar-refractivity contribution in [1.29, 1.82) is 0 Å². The first kappa shape index (κ1) is 19.7. The van der Waals surface area contributed by atoms with E-state index in [1.54, 1.807) is 50.5 Å². The zero-order valence-electron chi connectivity index (χ0n) is 16.0. The number of nitrogens with zero attached hydrogens (tertiary/aromatic N) is 5. The van der Waals surface area contributed by atoms with E-state index < -0.39 is 4.92 Å². The van der Waals surface area contributed by atoms with Gasteiger partial charge in [0.05, 0.1) is 4.92 Å². The summed E-state index contributed by atoms with van der Waals surface area (Å²) in [7, 11) is 1.72. The molecule has 3 aromatic rings. The van der Waals surface area contributed by atoms with Gasteiger partial charge in [-0.1, -0.05) is 0 Å². The predicted molar refractivity (Wildman–Crippen MR) is 105 cm³/mol. The van der Waals surface area contributed by atoms with Gasteiger partial charge < -0.3 is 10.6 Å². The van der Waals surface area contributed by atoms with Crippen molar-refractivity contribution in [3.05, 3.63) is 63.7 Å². The number of carbonyl (C=O) groups is 2. The van der Waals surface area contributed by atoms with Crippen LogP contribution in [-0.4, -0.2) is 36.3 Å². The lowest BCUT2D eigenvalue weighted by Crippen LogP contribution is -2.20. The van der Waals surface area contributed by atoms with E-state index in [2.05, 4.69) is 20.8 Å². The molecule has 0 aliphatic carbocycles. The summed E-state index contributed by atoms with van der Waals surface area (Å²) in [4.78, 5) is 34.9. The van der Waals surface area contributed by atoms with Crippen LogP contribution in [0.1, 0.15) is 21.9 Å². The molecule has 0 aliphatic rings. The van der Waals surface area contributed by atoms with Crippen molar-refractivity contribution in [3.63, 3.8) is 0 Å². The van der Waals surface area contributed by atoms with Crippen molar-refractivity contribution in [2.24, 2.45) is 7.05 Å². The van der Waals surface area contributed by atoms with Crippen LogP contribution in [0.25, 0.3) is 0 Å². The van der Waals surface area contributed by atoms with Crippen LogP contribution >= 0.6 is 0 Å². The van der Waals surface area contributed by atoms with Crippen LogP contribution in [0, 0.1) is 24.0 Å². The van der Waals surface area contributed by atoms with Gasteiger partial charge >= 0.3 is 5.69 Å². The number of nitrogens with one attached hydrogen (secondary N) is 2. The van der Waals surface area contributed by atoms with Crippen LogP contribution in [0.5, 0.6) is 0 Å². The zero-order chi connectivity index (χ0) is 21.1. The molecule has 2 heterocycles. The van der Waals surface area contributed by atoms with E-state index in [4.69, 9.17) is 0 Å². The molecule has 0 atom stereocenters. The Kier molecular flexibility index (Phi) is 5.39. The molecule has 29 heavy (non-hydrogen) atoms. The number of hydrogen-bond acceptors (Lipinski definition) is 6. The van der Waals surface area contributed by atoms with Gasteiger partial charge in [-0.2, -0.15) is 10.2 Å². The minimum Gasteiger partial charge on any atom is -0.324 e. The third-order valence-corrected chi connectivity index (χ3v) is 4.19. The molecule has 0 spiro atoms. The number of anilines is 2. The van der Waals surface area contributed by atoms with Crippen molar-refractivity contribution in [2.75, 3.05) is 10.6 Å². The minimum atomic E-state index is -0.510. The molecule has 2 N–H and O–H groups in total. The lowest BCUT2D eigenvalue weighted by Gasteiger charge is -2.08. The Morgan fingerprint density at radius 2 is 1.69 bits per heavy atom. The van der Waals surface area contributed by atoms with Crippen molar-refractivity contribution in [3.8, 4) is 0 Å². The Morgan fingerprint density at radius 3 is 2.21 bits per heavy atom. The van der Waals surface area contributed by atoms with E-state index in [9.17, 15) is 19.7 Å². The molecule has 150 valence electrons. The van der Waals surface area contributed by atoms with Crippen LogP contribution in [0.15, 0.2) is 36.5 Å². The molecule has 0 saturated carbocycles. The fourth-order valence-electron chi connectivity index (χ4n) is 2.81. The first-order valence-corrected chi connectivity index (χ1v) is 8.64. The summed E-state index contributed by atoms with van der Waals surface area (Å²) in [6, 6.07) is 8.16. The monoisotopic (exact) mass is 397 g/mol. The Balaban J connectivity index is 1.61. The van der Waals surface area contributed by atoms with Gasteiger partial charge in [0.15, 0.2) is 5.69 Å². The molecule has 0 bridgehead atoms. The average Bonchev–Trinajstić information content (AvgIpc) is 3.20. The average molecular weight is 397 g/mol. The quantitative estimate of drug-likeness (QED) is 0.482. The standard InChI is InChI=1S/C18H19N7O4/c1-11-17(25(28)29)12(2)24(21-11)10-16(26)19-13-4-6-14(7-5-13)20-18(27)15-8-9-23(3)22-15/h4-9H,10H2,1-3H3,(H,19,26)(H,20,27). The van der Waals surface area contributed by atoms with Crippen molar-refractivity contribution >= 4 is 28.9 Å². The molecule has 11 heteroatoms. The summed E-state index contributed by atoms with van der Waals surface area (Å²) in [5.74, 6) is -0.718. The SMILES string of the molecule is Cc1nn(CC(=O)Nc2ccc(NC(=O)c3ccn(C)n3)cc2)c(C)c1[N+](=O)[O-]. The second-order valence-corrected chi connectivity index (χ2v) is 6.39. The van der Waals surface area contributed by atoms with Gasteiger partial charge in [0, 0.05) is 24.6 Å². The highest BCUT2D eigenvalue weighted by Crippen LogP contribution is 2.22. The van der Waals surface area contributed by atoms with E-state index in [0.717, 1.165) is 0 Å². The first-order valence-electron chi connectivity index (χ1n) is 8.64. The van der Waals surface area contributed by atoms with Gasteiger partial charge in [0.1, 0.15) is 17.9 Å². The smallest absolute Gasteiger partial charge is 0.312 e. The summed E-state index contributed by atoms with van der Waals surface area (Å²) >= 11 is 0. The zero-order valence-corrected chi connectivity index (χ0v) is 16.0. The van der Waals surface area contributed by atoms with E-state index in [0.29, 0.717) is 22.8 Å². The number of benzene rings is 1. The highest BCUT2D eigenvalue weighted by molar-refractivity contribution is 6.03. The minimum absolute atomic E-state index is 0.0919. The van der Waals surface area contributed by atoms with Crippen molar-refractivity contribution in [2.45, 2.75) is 20.4 Å². The van der Waals surface area contributed by atoms with Gasteiger partial charge in [-0.05, 0) is 44.2 Å². The van der Waals surface area contributed by atoms with Crippen molar-refractivity contribution in [1.82, 2.24) is 19.6 Å². The molecular formula is C18H19N7O4. The predicted octanol–water partition coefficient (Wildman–Crippen LogP) is 2.03. The van der Waals surface area contributed by atoms with Gasteiger partial charge in [-0.15, -0.1) is 0 Å². The molecule has 0 radical (unpaired) electrons. The Hall–Kier alpha value is -4.02. The largest absolute Gasteiger partial charge is 0.324 e. The maximum atomic E-state index is 12.3. The van der Waals surface area contributed by atoms with E-state index in [-0.39, 0.29) is 29.7 Å². The molecule has 0 saturated heterocycles. The summed E-state index contributed by atoms with van der Waals surface area (Å²) in [5.41, 5.74) is 1.84. The van der Waals surface area contributed by atoms with Crippen LogP contribution in [-0.2, 0) is 18.4 Å². The molecule has 0 aliphatic heterocycles. The molecule has 0 fully saturated rings. The second-order valence-electron chi connectivity index (χ2n) is 6.39. The van der Waals surface area contributed by atoms with Crippen LogP contribution in [0.4, 0.5) is 17.1 Å². The Labute approximate surface area is 165 Å². The summed E-state index contributed by atoms with van der Waals surface area (Å²) < 4.78 is 2.83. The molecule has 2 amide bonds. The number of carbonyl (C=O) groups excluding carboxylic acids is 2. The van der Waals surface area contributed by atoms with E-state index >= 15 is 0 Å². The Bertz CT molecular complexity index is 1080. The van der Waals surface area contributed by atoms with E-state index in [1.807, 2.05) is 0 Å². The maximum Gasteiger partial charge on any atom is 0.312 e. The van der Waals surface area contributed by atoms with Crippen LogP contribution in [0.2, 0.25) is 0 Å². The third kappa shape index (κ3) is 4.46. The van der Waals surface area contributed by atoms with Gasteiger partial charge in [0.25, 0.3) is 5.91 Å². The molecule has 2 aromatic heterocycles. The number of hydrogen-bond donors (Lipinski definition) is 2. The molecule has 1 aromatic carbocycles. The van der Waals surface area contributed by atoms with E-state index in [1.165, 1.54) is 16.3 Å². The number of amides is 2. The number of nitro groups is 1. The summed E-state index contributed by atoms with van der Waals surface area (Å²) in [6.45, 7) is 2.92. The van der Waals surface area contributed by atoms with Crippen LogP contribution < -0.4 is 10.6 Å². The lowest BCUT2D eigenvalue weighted by molar-refractivity contribution is -0.386. The lowest BCUT2D eigenvalue weighted by atomic mass is 10.2. The topological polar surface area (TPSA) is 137 Å². The Morgan fingerprint density at radius 1 is 1.07 bits per heavy atom. The van der Waals surface area contributed by atoms with Crippen molar-refractivity contribution < 1.29 is 14.5 Å². The summed E-state index contributed by atoms with van der Waals surface area (Å²) in [6.07, 6.45) is 1.67. The van der Waals surface area contributed by atoms with Gasteiger partial charge in [-0.3, -0.25) is 29.1 Å². The molecular weight excluding hydrogens is 378 g/mol. The number of aromatic nitrogens is 4. The third-order valence-electron chi connectivity index (χ3n) is 4.19. The first-order chi connectivity index (χ1) is 13.7. The molecule has 3 rings (SSSR count). The maximum absolute atomic E-state index is 12.3. The fourth-order valence-corrected chi connectivity index (χ4v) is 2.81. The normalized spacial score (nSPS) is 10.6. The molecule has 0 unspecified atom stereocenters. The highest BCUT2D eigenvalue weighted by Gasteiger charge is 2.22. The fraction of sp³-hybridized carbons (Fsp3) is 0.222. The van der Waals surface area contributed by atoms with Gasteiger partial charge in [0.2, 0.25) is 5.91 Å². The number of aryl methyl sites for hydroxylation is 2. The number of rotatable bonds is 6. The molecule has 11 nitrogen and oxygen atoms in total. The van der Waals surface area contributed by atoms with Crippen LogP contribution in [0.3, 0.4) is 0 Å². The summed E-state index contributed by atoms with van der Waals surface area (Å²) in [5, 5.41) is 24.5. The second kappa shape index (κ2) is 7.92. The highest BCUT2D eigenvalue weighted by atomic mass is 16.6.